The van der Waals surface area contributed by atoms with Gasteiger partial charge in [-0.1, -0.05) is 39.5 Å². The highest BCUT2D eigenvalue weighted by Crippen LogP contribution is 2.32. The van der Waals surface area contributed by atoms with Gasteiger partial charge in [0, 0.05) is 24.9 Å². The summed E-state index contributed by atoms with van der Waals surface area (Å²) in [4.78, 5) is 27.5. The zero-order valence-corrected chi connectivity index (χ0v) is 18.0. The van der Waals surface area contributed by atoms with Gasteiger partial charge in [-0.2, -0.15) is 5.10 Å². The van der Waals surface area contributed by atoms with Crippen LogP contribution in [0.4, 0.5) is 5.82 Å². The van der Waals surface area contributed by atoms with E-state index in [-0.39, 0.29) is 17.7 Å². The predicted octanol–water partition coefficient (Wildman–Crippen LogP) is 2.97. The summed E-state index contributed by atoms with van der Waals surface area (Å²) in [6, 6.07) is 1.23. The molecule has 160 valence electrons. The van der Waals surface area contributed by atoms with Gasteiger partial charge in [0.05, 0.1) is 12.1 Å². The van der Waals surface area contributed by atoms with E-state index in [1.54, 1.807) is 41.8 Å². The minimum absolute atomic E-state index is 0.0700. The SMILES string of the molecule is CC(C)C1=CC(=O)N([C@@H](CC2CCCC2)C(=O)Nc2ccn(CC(C)(C)O)n2)C1. The largest absolute Gasteiger partial charge is 0.389 e. The maximum absolute atomic E-state index is 13.2. The predicted molar refractivity (Wildman–Crippen MR) is 112 cm³/mol. The molecule has 7 nitrogen and oxygen atoms in total. The standard InChI is InChI=1S/C22H34N4O3/c1-15(2)17-12-20(27)26(13-17)18(11-16-7-5-6-8-16)21(28)23-19-9-10-25(24-19)14-22(3,4)29/h9-10,12,15-16,18,29H,5-8,11,13-14H2,1-4H3,(H,23,24,28)/t18-/m0/s1. The summed E-state index contributed by atoms with van der Waals surface area (Å²) in [6.45, 7) is 8.43. The number of aliphatic hydroxyl groups is 1. The van der Waals surface area contributed by atoms with Gasteiger partial charge < -0.3 is 15.3 Å². The molecule has 1 aromatic heterocycles. The molecule has 0 saturated heterocycles. The third-order valence-electron chi connectivity index (χ3n) is 5.84. The summed E-state index contributed by atoms with van der Waals surface area (Å²) in [7, 11) is 0. The lowest BCUT2D eigenvalue weighted by Crippen LogP contribution is -2.46. The first-order valence-corrected chi connectivity index (χ1v) is 10.7. The van der Waals surface area contributed by atoms with Crippen molar-refractivity contribution in [3.05, 3.63) is 23.9 Å². The quantitative estimate of drug-likeness (QED) is 0.700. The minimum atomic E-state index is -0.890. The van der Waals surface area contributed by atoms with Crippen LogP contribution >= 0.6 is 0 Å². The first-order valence-electron chi connectivity index (χ1n) is 10.7. The van der Waals surface area contributed by atoms with E-state index in [1.165, 1.54) is 12.8 Å². The topological polar surface area (TPSA) is 87.5 Å². The molecule has 1 saturated carbocycles. The second-order valence-corrected chi connectivity index (χ2v) is 9.44. The molecule has 1 atom stereocenters. The number of carbonyl (C=O) groups excluding carboxylic acids is 2. The molecular formula is C22H34N4O3. The molecule has 0 spiro atoms. The molecule has 0 unspecified atom stereocenters. The molecule has 1 fully saturated rings. The molecule has 0 aromatic carbocycles. The average Bonchev–Trinajstić information content (AvgIpc) is 3.33. The van der Waals surface area contributed by atoms with Crippen molar-refractivity contribution < 1.29 is 14.7 Å². The van der Waals surface area contributed by atoms with Crippen molar-refractivity contribution in [2.24, 2.45) is 11.8 Å². The fourth-order valence-corrected chi connectivity index (χ4v) is 4.23. The van der Waals surface area contributed by atoms with Crippen molar-refractivity contribution >= 4 is 17.6 Å². The Morgan fingerprint density at radius 2 is 2.03 bits per heavy atom. The Bertz CT molecular complexity index is 769. The van der Waals surface area contributed by atoms with Crippen molar-refractivity contribution in [2.75, 3.05) is 11.9 Å². The lowest BCUT2D eigenvalue weighted by Gasteiger charge is -2.29. The Balaban J connectivity index is 1.72. The van der Waals surface area contributed by atoms with Gasteiger partial charge in [0.25, 0.3) is 0 Å². The number of hydrogen-bond donors (Lipinski definition) is 2. The molecular weight excluding hydrogens is 368 g/mol. The number of nitrogens with zero attached hydrogens (tertiary/aromatic N) is 3. The second-order valence-electron chi connectivity index (χ2n) is 9.44. The van der Waals surface area contributed by atoms with Gasteiger partial charge in [-0.05, 0) is 37.7 Å². The monoisotopic (exact) mass is 402 g/mol. The fraction of sp³-hybridized carbons (Fsp3) is 0.682. The third-order valence-corrected chi connectivity index (χ3v) is 5.84. The average molecular weight is 403 g/mol. The van der Waals surface area contributed by atoms with E-state index in [1.807, 2.05) is 0 Å². The van der Waals surface area contributed by atoms with Crippen LogP contribution in [0.1, 0.15) is 59.8 Å². The van der Waals surface area contributed by atoms with Crippen LogP contribution in [-0.4, -0.2) is 49.8 Å². The van der Waals surface area contributed by atoms with Gasteiger partial charge in [-0.3, -0.25) is 14.3 Å². The van der Waals surface area contributed by atoms with E-state index < -0.39 is 11.6 Å². The lowest BCUT2D eigenvalue weighted by molar-refractivity contribution is -0.133. The minimum Gasteiger partial charge on any atom is -0.389 e. The summed E-state index contributed by atoms with van der Waals surface area (Å²) >= 11 is 0. The number of carbonyl (C=O) groups is 2. The number of hydrogen-bond acceptors (Lipinski definition) is 4. The summed E-state index contributed by atoms with van der Waals surface area (Å²) in [6.07, 6.45) is 8.76. The van der Waals surface area contributed by atoms with Gasteiger partial charge in [-0.25, -0.2) is 0 Å². The van der Waals surface area contributed by atoms with Crippen molar-refractivity contribution in [1.29, 1.82) is 0 Å². The zero-order chi connectivity index (χ0) is 21.2. The molecule has 3 rings (SSSR count). The maximum atomic E-state index is 13.2. The van der Waals surface area contributed by atoms with E-state index in [9.17, 15) is 14.7 Å². The Kier molecular flexibility index (Phi) is 6.46. The van der Waals surface area contributed by atoms with Crippen LogP contribution < -0.4 is 5.32 Å². The Hall–Kier alpha value is -2.15. The summed E-state index contributed by atoms with van der Waals surface area (Å²) < 4.78 is 1.61. The molecule has 0 bridgehead atoms. The highest BCUT2D eigenvalue weighted by atomic mass is 16.3. The van der Waals surface area contributed by atoms with Crippen LogP contribution in [0.25, 0.3) is 0 Å². The third kappa shape index (κ3) is 5.69. The lowest BCUT2D eigenvalue weighted by atomic mass is 9.96. The molecule has 1 aromatic rings. The number of anilines is 1. The van der Waals surface area contributed by atoms with Crippen LogP contribution in [0.5, 0.6) is 0 Å². The molecule has 2 heterocycles. The van der Waals surface area contributed by atoms with E-state index in [0.717, 1.165) is 18.4 Å². The van der Waals surface area contributed by atoms with Crippen molar-refractivity contribution in [2.45, 2.75) is 78.0 Å². The van der Waals surface area contributed by atoms with Crippen molar-refractivity contribution in [3.63, 3.8) is 0 Å². The number of nitrogens with one attached hydrogen (secondary N) is 1. The summed E-state index contributed by atoms with van der Waals surface area (Å²) in [5.41, 5.74) is 0.188. The maximum Gasteiger partial charge on any atom is 0.248 e. The number of aromatic nitrogens is 2. The van der Waals surface area contributed by atoms with Gasteiger partial charge >= 0.3 is 0 Å². The van der Waals surface area contributed by atoms with E-state index >= 15 is 0 Å². The van der Waals surface area contributed by atoms with Crippen molar-refractivity contribution in [3.8, 4) is 0 Å². The van der Waals surface area contributed by atoms with Crippen LogP contribution in [0.2, 0.25) is 0 Å². The van der Waals surface area contributed by atoms with Gasteiger partial charge in [0.2, 0.25) is 11.8 Å². The van der Waals surface area contributed by atoms with Gasteiger partial charge in [0.15, 0.2) is 5.82 Å². The molecule has 1 aliphatic carbocycles. The Labute approximate surface area is 173 Å². The highest BCUT2D eigenvalue weighted by Gasteiger charge is 2.36. The van der Waals surface area contributed by atoms with Crippen LogP contribution in [-0.2, 0) is 16.1 Å². The van der Waals surface area contributed by atoms with Gasteiger partial charge in [0.1, 0.15) is 6.04 Å². The first kappa shape index (κ1) is 21.6. The van der Waals surface area contributed by atoms with Crippen LogP contribution in [0.15, 0.2) is 23.9 Å². The molecule has 2 amide bonds. The van der Waals surface area contributed by atoms with Gasteiger partial charge in [-0.15, -0.1) is 0 Å². The van der Waals surface area contributed by atoms with Crippen LogP contribution in [0, 0.1) is 11.8 Å². The Morgan fingerprint density at radius 1 is 1.34 bits per heavy atom. The summed E-state index contributed by atoms with van der Waals surface area (Å²) in [5.74, 6) is 0.960. The van der Waals surface area contributed by atoms with E-state index in [4.69, 9.17) is 0 Å². The number of rotatable bonds is 8. The van der Waals surface area contributed by atoms with E-state index in [0.29, 0.717) is 31.2 Å². The van der Waals surface area contributed by atoms with Crippen molar-refractivity contribution in [1.82, 2.24) is 14.7 Å². The molecule has 2 aliphatic rings. The molecule has 7 heteroatoms. The first-order chi connectivity index (χ1) is 13.6. The summed E-state index contributed by atoms with van der Waals surface area (Å²) in [5, 5.41) is 17.2. The number of amides is 2. The Morgan fingerprint density at radius 3 is 2.62 bits per heavy atom. The van der Waals surface area contributed by atoms with Crippen LogP contribution in [0.3, 0.4) is 0 Å². The molecule has 0 radical (unpaired) electrons. The normalized spacial score (nSPS) is 19.2. The molecule has 2 N–H and O–H groups in total. The molecule has 29 heavy (non-hydrogen) atoms. The zero-order valence-electron chi connectivity index (χ0n) is 18.0. The fourth-order valence-electron chi connectivity index (χ4n) is 4.23. The van der Waals surface area contributed by atoms with E-state index in [2.05, 4.69) is 24.3 Å². The second kappa shape index (κ2) is 8.69. The molecule has 1 aliphatic heterocycles. The smallest absolute Gasteiger partial charge is 0.248 e. The highest BCUT2D eigenvalue weighted by molar-refractivity contribution is 6.00.